The van der Waals surface area contributed by atoms with E-state index < -0.39 is 0 Å². The zero-order chi connectivity index (χ0) is 18.7. The molecule has 1 aromatic carbocycles. The molecule has 0 spiro atoms. The van der Waals surface area contributed by atoms with Gasteiger partial charge in [-0.05, 0) is 30.7 Å². The van der Waals surface area contributed by atoms with Crippen LogP contribution in [0.5, 0.6) is 0 Å². The van der Waals surface area contributed by atoms with Crippen molar-refractivity contribution in [2.75, 3.05) is 5.32 Å². The highest BCUT2D eigenvalue weighted by Gasteiger charge is 2.11. The first-order chi connectivity index (χ1) is 12.5. The third kappa shape index (κ3) is 3.96. The van der Waals surface area contributed by atoms with Crippen molar-refractivity contribution in [1.82, 2.24) is 9.38 Å². The zero-order valence-corrected chi connectivity index (χ0v) is 15.8. The van der Waals surface area contributed by atoms with Gasteiger partial charge in [-0.2, -0.15) is 0 Å². The van der Waals surface area contributed by atoms with Gasteiger partial charge in [-0.1, -0.05) is 32.0 Å². The van der Waals surface area contributed by atoms with Crippen LogP contribution in [-0.2, 0) is 10.5 Å². The number of benzene rings is 1. The molecule has 1 amide bonds. The van der Waals surface area contributed by atoms with E-state index in [2.05, 4.69) is 10.3 Å². The van der Waals surface area contributed by atoms with E-state index >= 15 is 0 Å². The van der Waals surface area contributed by atoms with E-state index in [4.69, 9.17) is 0 Å². The molecule has 6 heteroatoms. The van der Waals surface area contributed by atoms with Gasteiger partial charge < -0.3 is 5.32 Å². The van der Waals surface area contributed by atoms with E-state index in [1.807, 2.05) is 57.2 Å². The van der Waals surface area contributed by atoms with Crippen LogP contribution in [0.1, 0.15) is 25.1 Å². The molecule has 0 saturated heterocycles. The second kappa shape index (κ2) is 7.74. The SMILES string of the molecule is Cc1cccn2c(=O)cc(CSc3ccccc3NC(=O)C(C)C)nc12. The molecule has 0 unspecified atom stereocenters. The minimum atomic E-state index is -0.0873. The van der Waals surface area contributed by atoms with Crippen molar-refractivity contribution < 1.29 is 4.79 Å². The molecule has 3 rings (SSSR count). The molecule has 3 aromatic rings. The summed E-state index contributed by atoms with van der Waals surface area (Å²) in [5, 5.41) is 2.95. The Morgan fingerprint density at radius 3 is 2.77 bits per heavy atom. The predicted octanol–water partition coefficient (Wildman–Crippen LogP) is 3.89. The normalized spacial score (nSPS) is 11.1. The smallest absolute Gasteiger partial charge is 0.258 e. The molecule has 1 N–H and O–H groups in total. The summed E-state index contributed by atoms with van der Waals surface area (Å²) in [6, 6.07) is 13.0. The summed E-state index contributed by atoms with van der Waals surface area (Å²) in [6.45, 7) is 5.66. The molecule has 0 aliphatic heterocycles. The number of thioether (sulfide) groups is 1. The van der Waals surface area contributed by atoms with Gasteiger partial charge in [-0.25, -0.2) is 4.98 Å². The van der Waals surface area contributed by atoms with Crippen LogP contribution in [-0.4, -0.2) is 15.3 Å². The predicted molar refractivity (Wildman–Crippen MR) is 106 cm³/mol. The number of rotatable bonds is 5. The maximum absolute atomic E-state index is 12.3. The Hall–Kier alpha value is -2.60. The molecule has 0 fully saturated rings. The van der Waals surface area contributed by atoms with Crippen molar-refractivity contribution in [1.29, 1.82) is 0 Å². The minimum Gasteiger partial charge on any atom is -0.325 e. The molecule has 0 aliphatic carbocycles. The van der Waals surface area contributed by atoms with E-state index in [9.17, 15) is 9.59 Å². The van der Waals surface area contributed by atoms with Crippen LogP contribution in [0.3, 0.4) is 0 Å². The number of hydrogen-bond acceptors (Lipinski definition) is 4. The highest BCUT2D eigenvalue weighted by Crippen LogP contribution is 2.29. The van der Waals surface area contributed by atoms with Crippen LogP contribution in [0.4, 0.5) is 5.69 Å². The molecule has 2 heterocycles. The lowest BCUT2D eigenvalue weighted by molar-refractivity contribution is -0.118. The van der Waals surface area contributed by atoms with Gasteiger partial charge in [0.15, 0.2) is 0 Å². The van der Waals surface area contributed by atoms with Crippen molar-refractivity contribution in [3.05, 3.63) is 70.3 Å². The summed E-state index contributed by atoms with van der Waals surface area (Å²) in [5.41, 5.74) is 3.05. The third-order valence-electron chi connectivity index (χ3n) is 3.98. The Balaban J connectivity index is 1.84. The highest BCUT2D eigenvalue weighted by molar-refractivity contribution is 7.98. The first-order valence-corrected chi connectivity index (χ1v) is 9.45. The van der Waals surface area contributed by atoms with Crippen LogP contribution in [0, 0.1) is 12.8 Å². The number of carbonyl (C=O) groups excluding carboxylic acids is 1. The standard InChI is InChI=1S/C20H21N3O2S/c1-13(2)20(25)22-16-8-4-5-9-17(16)26-12-15-11-18(24)23-10-6-7-14(3)19(23)21-15/h4-11,13H,12H2,1-3H3,(H,22,25). The first kappa shape index (κ1) is 18.2. The zero-order valence-electron chi connectivity index (χ0n) is 15.0. The lowest BCUT2D eigenvalue weighted by Gasteiger charge is -2.12. The summed E-state index contributed by atoms with van der Waals surface area (Å²) < 4.78 is 1.56. The van der Waals surface area contributed by atoms with Gasteiger partial charge in [0, 0.05) is 28.8 Å². The molecule has 0 atom stereocenters. The molecule has 0 radical (unpaired) electrons. The molecule has 0 bridgehead atoms. The van der Waals surface area contributed by atoms with Crippen LogP contribution in [0.2, 0.25) is 0 Å². The number of pyridine rings is 1. The molecular weight excluding hydrogens is 346 g/mol. The number of carbonyl (C=O) groups is 1. The number of para-hydroxylation sites is 1. The average molecular weight is 367 g/mol. The van der Waals surface area contributed by atoms with Gasteiger partial charge in [-0.3, -0.25) is 14.0 Å². The Bertz CT molecular complexity index is 1010. The molecular formula is C20H21N3O2S. The second-order valence-electron chi connectivity index (χ2n) is 6.40. The Kier molecular flexibility index (Phi) is 5.42. The molecule has 2 aromatic heterocycles. The van der Waals surface area contributed by atoms with E-state index in [1.165, 1.54) is 0 Å². The van der Waals surface area contributed by atoms with Crippen molar-refractivity contribution in [3.8, 4) is 0 Å². The van der Waals surface area contributed by atoms with Gasteiger partial charge in [0.25, 0.3) is 5.56 Å². The quantitative estimate of drug-likeness (QED) is 0.695. The summed E-state index contributed by atoms with van der Waals surface area (Å²) in [6.07, 6.45) is 1.73. The van der Waals surface area contributed by atoms with Crippen molar-refractivity contribution in [2.45, 2.75) is 31.4 Å². The van der Waals surface area contributed by atoms with Gasteiger partial charge in [0.05, 0.1) is 11.4 Å². The van der Waals surface area contributed by atoms with Crippen molar-refractivity contribution in [3.63, 3.8) is 0 Å². The Morgan fingerprint density at radius 1 is 1.23 bits per heavy atom. The van der Waals surface area contributed by atoms with Crippen molar-refractivity contribution in [2.24, 2.45) is 5.92 Å². The number of nitrogens with one attached hydrogen (secondary N) is 1. The number of amides is 1. The van der Waals surface area contributed by atoms with Gasteiger partial charge in [0.2, 0.25) is 5.91 Å². The fraction of sp³-hybridized carbons (Fsp3) is 0.250. The van der Waals surface area contributed by atoms with Crippen LogP contribution >= 0.6 is 11.8 Å². The maximum atomic E-state index is 12.3. The molecule has 0 saturated carbocycles. The maximum Gasteiger partial charge on any atom is 0.258 e. The fourth-order valence-electron chi connectivity index (χ4n) is 2.51. The molecule has 134 valence electrons. The number of anilines is 1. The lowest BCUT2D eigenvalue weighted by Crippen LogP contribution is -2.18. The Morgan fingerprint density at radius 2 is 2.00 bits per heavy atom. The number of hydrogen-bond donors (Lipinski definition) is 1. The minimum absolute atomic E-state index is 0.0178. The second-order valence-corrected chi connectivity index (χ2v) is 7.42. The third-order valence-corrected chi connectivity index (χ3v) is 5.09. The van der Waals surface area contributed by atoms with Gasteiger partial charge >= 0.3 is 0 Å². The lowest BCUT2D eigenvalue weighted by atomic mass is 10.2. The fourth-order valence-corrected chi connectivity index (χ4v) is 3.41. The Labute approximate surface area is 156 Å². The summed E-state index contributed by atoms with van der Waals surface area (Å²) in [5.74, 6) is 0.447. The summed E-state index contributed by atoms with van der Waals surface area (Å²) in [7, 11) is 0. The molecule has 0 aliphatic rings. The molecule has 26 heavy (non-hydrogen) atoms. The van der Waals surface area contributed by atoms with E-state index in [0.717, 1.165) is 21.8 Å². The van der Waals surface area contributed by atoms with Crippen LogP contribution in [0.25, 0.3) is 5.65 Å². The van der Waals surface area contributed by atoms with Gasteiger partial charge in [0.1, 0.15) is 5.65 Å². The van der Waals surface area contributed by atoms with E-state index in [-0.39, 0.29) is 17.4 Å². The number of nitrogens with zero attached hydrogens (tertiary/aromatic N) is 2. The summed E-state index contributed by atoms with van der Waals surface area (Å²) >= 11 is 1.55. The topological polar surface area (TPSA) is 63.5 Å². The monoisotopic (exact) mass is 367 g/mol. The average Bonchev–Trinajstić information content (AvgIpc) is 2.62. The highest BCUT2D eigenvalue weighted by atomic mass is 32.2. The van der Waals surface area contributed by atoms with E-state index in [1.54, 1.807) is 28.4 Å². The van der Waals surface area contributed by atoms with Crippen LogP contribution in [0.15, 0.2) is 58.4 Å². The van der Waals surface area contributed by atoms with Crippen LogP contribution < -0.4 is 10.9 Å². The number of aromatic nitrogens is 2. The number of fused-ring (bicyclic) bond motifs is 1. The van der Waals surface area contributed by atoms with Gasteiger partial charge in [-0.15, -0.1) is 11.8 Å². The largest absolute Gasteiger partial charge is 0.325 e. The van der Waals surface area contributed by atoms with E-state index in [0.29, 0.717) is 11.4 Å². The first-order valence-electron chi connectivity index (χ1n) is 8.46. The summed E-state index contributed by atoms with van der Waals surface area (Å²) in [4.78, 5) is 29.9. The number of aryl methyl sites for hydroxylation is 1. The molecule has 5 nitrogen and oxygen atoms in total. The van der Waals surface area contributed by atoms with Crippen molar-refractivity contribution >= 4 is 29.0 Å².